The van der Waals surface area contributed by atoms with Crippen LogP contribution < -0.4 is 10.1 Å². The van der Waals surface area contributed by atoms with Crippen molar-refractivity contribution in [1.82, 2.24) is 20.0 Å². The van der Waals surface area contributed by atoms with Gasteiger partial charge in [-0.05, 0) is 17.5 Å². The van der Waals surface area contributed by atoms with Crippen molar-refractivity contribution >= 4 is 5.91 Å². The molecule has 0 unspecified atom stereocenters. The van der Waals surface area contributed by atoms with Crippen LogP contribution in [0.25, 0.3) is 0 Å². The van der Waals surface area contributed by atoms with Crippen LogP contribution >= 0.6 is 0 Å². The van der Waals surface area contributed by atoms with Gasteiger partial charge in [0.15, 0.2) is 0 Å². The van der Waals surface area contributed by atoms with Gasteiger partial charge in [0.1, 0.15) is 5.82 Å². The minimum Gasteiger partial charge on any atom is -0.479 e. The van der Waals surface area contributed by atoms with E-state index in [1.165, 1.54) is 13.2 Å². The summed E-state index contributed by atoms with van der Waals surface area (Å²) in [5, 5.41) is 6.47. The zero-order chi connectivity index (χ0) is 13.9. The van der Waals surface area contributed by atoms with Crippen molar-refractivity contribution < 1.29 is 14.1 Å². The molecule has 0 saturated heterocycles. The van der Waals surface area contributed by atoms with Gasteiger partial charge in [0.05, 0.1) is 13.2 Å². The van der Waals surface area contributed by atoms with E-state index in [0.717, 1.165) is 25.2 Å². The topological polar surface area (TPSA) is 82.2 Å². The second kappa shape index (κ2) is 5.36. The number of methoxy groups -OCH3 is 1. The van der Waals surface area contributed by atoms with E-state index in [2.05, 4.69) is 20.0 Å². The van der Waals surface area contributed by atoms with Gasteiger partial charge in [0, 0.05) is 31.9 Å². The highest BCUT2D eigenvalue weighted by Crippen LogP contribution is 2.18. The summed E-state index contributed by atoms with van der Waals surface area (Å²) in [6.07, 6.45) is 5.77. The predicted molar refractivity (Wildman–Crippen MR) is 69.4 cm³/mol. The number of nitrogens with zero attached hydrogens (tertiary/aromatic N) is 3. The van der Waals surface area contributed by atoms with Crippen molar-refractivity contribution in [2.45, 2.75) is 19.4 Å². The Morgan fingerprint density at radius 3 is 3.35 bits per heavy atom. The van der Waals surface area contributed by atoms with Gasteiger partial charge in [0.25, 0.3) is 11.8 Å². The Labute approximate surface area is 115 Å². The van der Waals surface area contributed by atoms with Gasteiger partial charge in [-0.3, -0.25) is 4.79 Å². The number of carbonyl (C=O) groups excluding carboxylic acids is 1. The van der Waals surface area contributed by atoms with Crippen LogP contribution in [0.5, 0.6) is 5.88 Å². The Kier molecular flexibility index (Phi) is 3.41. The average molecular weight is 276 g/mol. The van der Waals surface area contributed by atoms with E-state index >= 15 is 0 Å². The molecule has 106 valence electrons. The quantitative estimate of drug-likeness (QED) is 0.896. The number of amides is 1. The van der Waals surface area contributed by atoms with E-state index in [0.29, 0.717) is 18.3 Å². The van der Waals surface area contributed by atoms with Crippen molar-refractivity contribution in [1.29, 1.82) is 0 Å². The standard InChI is InChI=1S/C13H16N4O3/c1-19-12-6-10(20-16-12)13(18)15-7-9-2-3-11-14-4-5-17(11)8-9/h4-6,9H,2-3,7-8H2,1H3,(H,15,18)/t9-/m1/s1. The minimum absolute atomic E-state index is 0.168. The fraction of sp³-hybridized carbons (Fsp3) is 0.462. The first-order chi connectivity index (χ1) is 9.76. The van der Waals surface area contributed by atoms with E-state index in [-0.39, 0.29) is 11.7 Å². The zero-order valence-corrected chi connectivity index (χ0v) is 11.2. The largest absolute Gasteiger partial charge is 0.479 e. The van der Waals surface area contributed by atoms with Gasteiger partial charge in [-0.1, -0.05) is 0 Å². The molecule has 1 atom stereocenters. The van der Waals surface area contributed by atoms with E-state index < -0.39 is 0 Å². The van der Waals surface area contributed by atoms with Crippen LogP contribution in [0.3, 0.4) is 0 Å². The number of rotatable bonds is 4. The molecule has 0 spiro atoms. The molecule has 7 nitrogen and oxygen atoms in total. The third kappa shape index (κ3) is 2.52. The minimum atomic E-state index is -0.266. The maximum atomic E-state index is 11.9. The van der Waals surface area contributed by atoms with Gasteiger partial charge in [0.2, 0.25) is 5.76 Å². The SMILES string of the molecule is COc1cc(C(=O)NC[C@H]2CCc3nccn3C2)on1. The number of hydrogen-bond donors (Lipinski definition) is 1. The summed E-state index contributed by atoms with van der Waals surface area (Å²) in [5.74, 6) is 1.73. The Balaban J connectivity index is 1.54. The maximum Gasteiger partial charge on any atom is 0.290 e. The number of fused-ring (bicyclic) bond motifs is 1. The Morgan fingerprint density at radius 2 is 2.55 bits per heavy atom. The Bertz CT molecular complexity index is 604. The van der Waals surface area contributed by atoms with E-state index in [9.17, 15) is 4.79 Å². The molecular weight excluding hydrogens is 260 g/mol. The summed E-state index contributed by atoms with van der Waals surface area (Å²) in [6, 6.07) is 1.48. The second-order valence-corrected chi connectivity index (χ2v) is 4.84. The van der Waals surface area contributed by atoms with Crippen LogP contribution in [-0.4, -0.2) is 34.3 Å². The smallest absolute Gasteiger partial charge is 0.290 e. The van der Waals surface area contributed by atoms with Gasteiger partial charge in [-0.15, -0.1) is 0 Å². The molecule has 1 aliphatic rings. The van der Waals surface area contributed by atoms with Crippen molar-refractivity contribution in [3.05, 3.63) is 30.0 Å². The molecule has 1 aliphatic heterocycles. The fourth-order valence-electron chi connectivity index (χ4n) is 2.39. The highest BCUT2D eigenvalue weighted by molar-refractivity contribution is 5.91. The third-order valence-corrected chi connectivity index (χ3v) is 3.51. The molecule has 2 aromatic heterocycles. The second-order valence-electron chi connectivity index (χ2n) is 4.84. The number of aromatic nitrogens is 3. The maximum absolute atomic E-state index is 11.9. The highest BCUT2D eigenvalue weighted by atomic mass is 16.5. The molecule has 1 N–H and O–H groups in total. The van der Waals surface area contributed by atoms with Crippen molar-refractivity contribution in [3.63, 3.8) is 0 Å². The predicted octanol–water partition coefficient (Wildman–Crippen LogP) is 0.872. The summed E-state index contributed by atoms with van der Waals surface area (Å²) in [6.45, 7) is 1.49. The van der Waals surface area contributed by atoms with Crippen LogP contribution in [-0.2, 0) is 13.0 Å². The summed E-state index contributed by atoms with van der Waals surface area (Å²) >= 11 is 0. The van der Waals surface area contributed by atoms with Crippen LogP contribution in [0.4, 0.5) is 0 Å². The first kappa shape index (κ1) is 12.7. The van der Waals surface area contributed by atoms with Crippen LogP contribution in [0.1, 0.15) is 22.8 Å². The van der Waals surface area contributed by atoms with Crippen LogP contribution in [0.15, 0.2) is 23.0 Å². The number of ether oxygens (including phenoxy) is 1. The lowest BCUT2D eigenvalue weighted by atomic mass is 9.99. The fourth-order valence-corrected chi connectivity index (χ4v) is 2.39. The molecular formula is C13H16N4O3. The first-order valence-electron chi connectivity index (χ1n) is 6.55. The van der Waals surface area contributed by atoms with Crippen LogP contribution in [0, 0.1) is 5.92 Å². The van der Waals surface area contributed by atoms with Gasteiger partial charge >= 0.3 is 0 Å². The molecule has 7 heteroatoms. The lowest BCUT2D eigenvalue weighted by Crippen LogP contribution is -2.33. The Morgan fingerprint density at radius 1 is 1.65 bits per heavy atom. The van der Waals surface area contributed by atoms with Crippen molar-refractivity contribution in [2.75, 3.05) is 13.7 Å². The molecule has 1 amide bonds. The molecule has 0 saturated carbocycles. The monoisotopic (exact) mass is 276 g/mol. The number of carbonyl (C=O) groups is 1. The number of imidazole rings is 1. The molecule has 20 heavy (non-hydrogen) atoms. The molecule has 0 aliphatic carbocycles. The highest BCUT2D eigenvalue weighted by Gasteiger charge is 2.20. The van der Waals surface area contributed by atoms with Crippen molar-refractivity contribution in [2.24, 2.45) is 5.92 Å². The van der Waals surface area contributed by atoms with Gasteiger partial charge in [-0.2, -0.15) is 0 Å². The number of hydrogen-bond acceptors (Lipinski definition) is 5. The molecule has 0 fully saturated rings. The molecule has 3 heterocycles. The molecule has 3 rings (SSSR count). The number of nitrogens with one attached hydrogen (secondary N) is 1. The lowest BCUT2D eigenvalue weighted by molar-refractivity contribution is 0.0906. The summed E-state index contributed by atoms with van der Waals surface area (Å²) in [7, 11) is 1.48. The summed E-state index contributed by atoms with van der Waals surface area (Å²) < 4.78 is 11.9. The van der Waals surface area contributed by atoms with E-state index in [4.69, 9.17) is 9.26 Å². The van der Waals surface area contributed by atoms with E-state index in [1.807, 2.05) is 12.4 Å². The van der Waals surface area contributed by atoms with Crippen molar-refractivity contribution in [3.8, 4) is 5.88 Å². The number of aryl methyl sites for hydroxylation is 1. The zero-order valence-electron chi connectivity index (χ0n) is 11.2. The average Bonchev–Trinajstić information content (AvgIpc) is 3.12. The molecule has 0 bridgehead atoms. The normalized spacial score (nSPS) is 17.6. The third-order valence-electron chi connectivity index (χ3n) is 3.51. The Hall–Kier alpha value is -2.31. The summed E-state index contributed by atoms with van der Waals surface area (Å²) in [4.78, 5) is 16.2. The molecule has 0 radical (unpaired) electrons. The first-order valence-corrected chi connectivity index (χ1v) is 6.55. The molecule has 2 aromatic rings. The van der Waals surface area contributed by atoms with Gasteiger partial charge in [-0.25, -0.2) is 4.98 Å². The van der Waals surface area contributed by atoms with Crippen LogP contribution in [0.2, 0.25) is 0 Å². The lowest BCUT2D eigenvalue weighted by Gasteiger charge is -2.23. The van der Waals surface area contributed by atoms with Gasteiger partial charge < -0.3 is 19.1 Å². The summed E-state index contributed by atoms with van der Waals surface area (Å²) in [5.41, 5.74) is 0. The molecule has 0 aromatic carbocycles. The van der Waals surface area contributed by atoms with E-state index in [1.54, 1.807) is 0 Å².